The summed E-state index contributed by atoms with van der Waals surface area (Å²) in [7, 11) is 0. The molecule has 146 valence electrons. The Hall–Kier alpha value is -0.420. The minimum atomic E-state index is -0.682. The first kappa shape index (κ1) is 24.6. The Bertz CT molecular complexity index is 381. The summed E-state index contributed by atoms with van der Waals surface area (Å²) >= 11 is 6.83. The summed E-state index contributed by atoms with van der Waals surface area (Å²) in [5, 5.41) is 0. The summed E-state index contributed by atoms with van der Waals surface area (Å²) in [6.07, 6.45) is 14.9. The molecule has 0 atom stereocenters. The van der Waals surface area contributed by atoms with Crippen molar-refractivity contribution in [1.82, 2.24) is 0 Å². The molecule has 0 saturated carbocycles. The molecule has 0 N–H and O–H groups in total. The smallest absolute Gasteiger partial charge is 0.322 e. The van der Waals surface area contributed by atoms with Gasteiger partial charge in [-0.25, -0.2) is 0 Å². The van der Waals surface area contributed by atoms with Crippen LogP contribution in [0.2, 0.25) is 0 Å². The van der Waals surface area contributed by atoms with Gasteiger partial charge in [0.15, 0.2) is 0 Å². The molecule has 0 aliphatic heterocycles. The molecule has 0 spiro atoms. The van der Waals surface area contributed by atoms with Crippen molar-refractivity contribution in [3.05, 3.63) is 0 Å². The summed E-state index contributed by atoms with van der Waals surface area (Å²) in [6.45, 7) is 6.05. The monoisotopic (exact) mass is 388 g/mol. The van der Waals surface area contributed by atoms with Crippen LogP contribution in [0.25, 0.3) is 0 Å². The predicted octanol–water partition coefficient (Wildman–Crippen LogP) is 6.27. The standard InChI is InChI=1S/C20H36O3S2/c1-4-5-6-7-8-9-10-11-12-13-15-18(24)25-20(2,3)19(22)23-17-14-16-21/h16H,4-15,17H2,1-3H3. The molecule has 0 heterocycles. The third-order valence-corrected chi connectivity index (χ3v) is 5.63. The second-order valence-electron chi connectivity index (χ2n) is 7.01. The van der Waals surface area contributed by atoms with Gasteiger partial charge in [-0.2, -0.15) is 0 Å². The number of aldehydes is 1. The van der Waals surface area contributed by atoms with E-state index in [4.69, 9.17) is 17.0 Å². The maximum atomic E-state index is 12.0. The molecule has 0 rings (SSSR count). The van der Waals surface area contributed by atoms with Gasteiger partial charge in [0, 0.05) is 10.6 Å². The number of carbonyl (C=O) groups is 2. The molecular weight excluding hydrogens is 352 g/mol. The number of ether oxygens (including phenoxy) is 1. The SMILES string of the molecule is CCCCCCCCCCCCC(=S)SC(C)(C)C(=O)OCCC=O. The molecule has 0 bridgehead atoms. The maximum Gasteiger partial charge on any atom is 0.322 e. The molecule has 0 fully saturated rings. The van der Waals surface area contributed by atoms with E-state index in [-0.39, 0.29) is 19.0 Å². The first-order chi connectivity index (χ1) is 11.9. The Balaban J connectivity index is 3.68. The van der Waals surface area contributed by atoms with Crippen LogP contribution in [0.1, 0.15) is 97.8 Å². The Morgan fingerprint density at radius 3 is 2.04 bits per heavy atom. The zero-order valence-corrected chi connectivity index (χ0v) is 17.9. The number of unbranched alkanes of at least 4 members (excludes halogenated alkanes) is 9. The Morgan fingerprint density at radius 1 is 1.00 bits per heavy atom. The quantitative estimate of drug-likeness (QED) is 0.135. The third-order valence-electron chi connectivity index (χ3n) is 4.06. The maximum absolute atomic E-state index is 12.0. The second-order valence-corrected chi connectivity index (χ2v) is 9.48. The predicted molar refractivity (Wildman–Crippen MR) is 112 cm³/mol. The summed E-state index contributed by atoms with van der Waals surface area (Å²) in [6, 6.07) is 0. The van der Waals surface area contributed by atoms with E-state index in [0.29, 0.717) is 0 Å². The van der Waals surface area contributed by atoms with Crippen LogP contribution in [-0.2, 0) is 14.3 Å². The second kappa shape index (κ2) is 15.8. The van der Waals surface area contributed by atoms with Crippen molar-refractivity contribution in [2.75, 3.05) is 6.61 Å². The lowest BCUT2D eigenvalue weighted by Crippen LogP contribution is -2.31. The highest BCUT2D eigenvalue weighted by molar-refractivity contribution is 8.24. The van der Waals surface area contributed by atoms with Crippen molar-refractivity contribution < 1.29 is 14.3 Å². The van der Waals surface area contributed by atoms with Crippen molar-refractivity contribution in [3.63, 3.8) is 0 Å². The van der Waals surface area contributed by atoms with E-state index in [1.807, 2.05) is 13.8 Å². The average molecular weight is 389 g/mol. The lowest BCUT2D eigenvalue weighted by atomic mass is 10.1. The number of thiocarbonyl (C=S) groups is 1. The minimum absolute atomic E-state index is 0.150. The van der Waals surface area contributed by atoms with E-state index in [2.05, 4.69) is 6.92 Å². The molecule has 0 aromatic carbocycles. The lowest BCUT2D eigenvalue weighted by molar-refractivity contribution is -0.145. The van der Waals surface area contributed by atoms with Gasteiger partial charge in [0.2, 0.25) is 0 Å². The molecule has 0 amide bonds. The van der Waals surface area contributed by atoms with Crippen LogP contribution in [0.3, 0.4) is 0 Å². The molecule has 0 saturated heterocycles. The summed E-state index contributed by atoms with van der Waals surface area (Å²) < 4.78 is 5.29. The molecule has 0 aliphatic carbocycles. The van der Waals surface area contributed by atoms with E-state index in [0.717, 1.165) is 23.3 Å². The fourth-order valence-corrected chi connectivity index (χ4v) is 4.23. The molecule has 0 radical (unpaired) electrons. The van der Waals surface area contributed by atoms with E-state index < -0.39 is 4.75 Å². The molecule has 3 nitrogen and oxygen atoms in total. The largest absolute Gasteiger partial charge is 0.464 e. The summed E-state index contributed by atoms with van der Waals surface area (Å²) in [5.74, 6) is -0.301. The van der Waals surface area contributed by atoms with Crippen molar-refractivity contribution in [1.29, 1.82) is 0 Å². The molecule has 5 heteroatoms. The van der Waals surface area contributed by atoms with Gasteiger partial charge >= 0.3 is 5.97 Å². The molecule has 25 heavy (non-hydrogen) atoms. The van der Waals surface area contributed by atoms with Gasteiger partial charge in [-0.15, -0.1) is 11.8 Å². The van der Waals surface area contributed by atoms with E-state index in [1.54, 1.807) is 0 Å². The van der Waals surface area contributed by atoms with Crippen molar-refractivity contribution >= 4 is 40.4 Å². The highest BCUT2D eigenvalue weighted by Crippen LogP contribution is 2.29. The van der Waals surface area contributed by atoms with Crippen LogP contribution in [0.15, 0.2) is 0 Å². The molecule has 0 aliphatic rings. The lowest BCUT2D eigenvalue weighted by Gasteiger charge is -2.22. The van der Waals surface area contributed by atoms with Crippen LogP contribution >= 0.6 is 24.0 Å². The van der Waals surface area contributed by atoms with Gasteiger partial charge in [0.05, 0.1) is 6.61 Å². The topological polar surface area (TPSA) is 43.4 Å². The molecule has 0 aromatic rings. The first-order valence-electron chi connectivity index (χ1n) is 9.76. The molecule has 0 aromatic heterocycles. The normalized spacial score (nSPS) is 11.3. The van der Waals surface area contributed by atoms with E-state index >= 15 is 0 Å². The number of rotatable bonds is 16. The fourth-order valence-electron chi connectivity index (χ4n) is 2.51. The Morgan fingerprint density at radius 2 is 1.52 bits per heavy atom. The number of thioether (sulfide) groups is 1. The van der Waals surface area contributed by atoms with Crippen molar-refractivity contribution in [2.24, 2.45) is 0 Å². The summed E-state index contributed by atoms with van der Waals surface area (Å²) in [5.41, 5.74) is 0. The van der Waals surface area contributed by atoms with Gasteiger partial charge in [0.1, 0.15) is 11.0 Å². The highest BCUT2D eigenvalue weighted by atomic mass is 32.2. The van der Waals surface area contributed by atoms with Crippen LogP contribution in [0, 0.1) is 0 Å². The number of carbonyl (C=O) groups excluding carboxylic acids is 2. The third kappa shape index (κ3) is 14.4. The van der Waals surface area contributed by atoms with Gasteiger partial charge in [-0.1, -0.05) is 76.9 Å². The van der Waals surface area contributed by atoms with Crippen LogP contribution in [-0.4, -0.2) is 27.8 Å². The number of hydrogen-bond donors (Lipinski definition) is 0. The first-order valence-corrected chi connectivity index (χ1v) is 11.0. The van der Waals surface area contributed by atoms with Gasteiger partial charge in [-0.3, -0.25) is 4.79 Å². The molecular formula is C20H36O3S2. The Labute approximate surface area is 164 Å². The van der Waals surface area contributed by atoms with Crippen LogP contribution in [0.5, 0.6) is 0 Å². The van der Waals surface area contributed by atoms with Crippen LogP contribution < -0.4 is 0 Å². The van der Waals surface area contributed by atoms with Crippen molar-refractivity contribution in [3.8, 4) is 0 Å². The average Bonchev–Trinajstić information content (AvgIpc) is 2.56. The zero-order valence-electron chi connectivity index (χ0n) is 16.3. The minimum Gasteiger partial charge on any atom is -0.464 e. The van der Waals surface area contributed by atoms with Gasteiger partial charge < -0.3 is 9.53 Å². The van der Waals surface area contributed by atoms with Crippen molar-refractivity contribution in [2.45, 2.75) is 103 Å². The molecule has 0 unspecified atom stereocenters. The fraction of sp³-hybridized carbons (Fsp3) is 0.850. The highest BCUT2D eigenvalue weighted by Gasteiger charge is 2.31. The van der Waals surface area contributed by atoms with E-state index in [9.17, 15) is 9.59 Å². The zero-order chi connectivity index (χ0) is 19.0. The van der Waals surface area contributed by atoms with E-state index in [1.165, 1.54) is 69.5 Å². The van der Waals surface area contributed by atoms with Crippen LogP contribution in [0.4, 0.5) is 0 Å². The summed E-state index contributed by atoms with van der Waals surface area (Å²) in [4.78, 5) is 22.3. The van der Waals surface area contributed by atoms with Gasteiger partial charge in [-0.05, 0) is 26.7 Å². The number of hydrogen-bond acceptors (Lipinski definition) is 5. The Kier molecular flexibility index (Phi) is 15.5. The van der Waals surface area contributed by atoms with Gasteiger partial charge in [0.25, 0.3) is 0 Å². The number of esters is 1.